The van der Waals surface area contributed by atoms with Crippen molar-refractivity contribution < 1.29 is 9.53 Å². The second-order valence-electron chi connectivity index (χ2n) is 3.87. The van der Waals surface area contributed by atoms with Crippen LogP contribution in [0, 0.1) is 0 Å². The van der Waals surface area contributed by atoms with Gasteiger partial charge in [0, 0.05) is 6.08 Å². The number of methoxy groups -OCH3 is 1. The van der Waals surface area contributed by atoms with Gasteiger partial charge in [-0.2, -0.15) is 0 Å². The average molecular weight is 224 g/mol. The Labute approximate surface area is 99.4 Å². The molecule has 0 fully saturated rings. The Hall–Kier alpha value is -1.05. The third kappa shape index (κ3) is 11.0. The highest BCUT2D eigenvalue weighted by atomic mass is 16.5. The second kappa shape index (κ2) is 12.0. The maximum Gasteiger partial charge on any atom is 0.330 e. The van der Waals surface area contributed by atoms with Gasteiger partial charge in [0.1, 0.15) is 0 Å². The molecule has 0 aromatic carbocycles. The highest BCUT2D eigenvalue weighted by Gasteiger charge is 1.88. The van der Waals surface area contributed by atoms with Crippen molar-refractivity contribution in [2.45, 2.75) is 51.9 Å². The minimum Gasteiger partial charge on any atom is -0.466 e. The highest BCUT2D eigenvalue weighted by Crippen LogP contribution is 2.07. The zero-order valence-electron chi connectivity index (χ0n) is 10.6. The maximum atomic E-state index is 10.7. The number of carbonyl (C=O) groups is 1. The molecule has 0 radical (unpaired) electrons. The topological polar surface area (TPSA) is 26.3 Å². The first-order valence-corrected chi connectivity index (χ1v) is 6.22. The van der Waals surface area contributed by atoms with Crippen molar-refractivity contribution in [1.82, 2.24) is 0 Å². The van der Waals surface area contributed by atoms with Gasteiger partial charge in [0.25, 0.3) is 0 Å². The molecule has 0 aromatic rings. The predicted octanol–water partition coefficient (Wildman–Crippen LogP) is 4.02. The van der Waals surface area contributed by atoms with Crippen LogP contribution in [-0.2, 0) is 9.53 Å². The molecule has 0 aliphatic rings. The Kier molecular flexibility index (Phi) is 11.2. The summed E-state index contributed by atoms with van der Waals surface area (Å²) in [6.07, 6.45) is 16.2. The van der Waals surface area contributed by atoms with E-state index in [1.54, 1.807) is 6.08 Å². The summed E-state index contributed by atoms with van der Waals surface area (Å²) in [5, 5.41) is 0. The van der Waals surface area contributed by atoms with Gasteiger partial charge in [0.05, 0.1) is 7.11 Å². The third-order valence-electron chi connectivity index (χ3n) is 2.41. The van der Waals surface area contributed by atoms with Crippen molar-refractivity contribution in [2.75, 3.05) is 7.11 Å². The van der Waals surface area contributed by atoms with Gasteiger partial charge in [-0.1, -0.05) is 57.3 Å². The van der Waals surface area contributed by atoms with Crippen LogP contribution in [0.5, 0.6) is 0 Å². The molecule has 0 aromatic heterocycles. The molecule has 0 amide bonds. The van der Waals surface area contributed by atoms with E-state index in [-0.39, 0.29) is 5.97 Å². The van der Waals surface area contributed by atoms with Crippen LogP contribution in [0.3, 0.4) is 0 Å². The first kappa shape index (κ1) is 14.9. The number of hydrogen-bond donors (Lipinski definition) is 0. The number of ether oxygens (including phenoxy) is 1. The first-order valence-electron chi connectivity index (χ1n) is 6.22. The van der Waals surface area contributed by atoms with E-state index in [0.29, 0.717) is 0 Å². The van der Waals surface area contributed by atoms with Crippen molar-refractivity contribution >= 4 is 5.97 Å². The molecule has 2 nitrogen and oxygen atoms in total. The van der Waals surface area contributed by atoms with E-state index in [2.05, 4.69) is 17.7 Å². The van der Waals surface area contributed by atoms with E-state index >= 15 is 0 Å². The maximum absolute atomic E-state index is 10.7. The summed E-state index contributed by atoms with van der Waals surface area (Å²) in [5.74, 6) is -0.302. The number of esters is 1. The van der Waals surface area contributed by atoms with Gasteiger partial charge in [-0.05, 0) is 12.8 Å². The minimum absolute atomic E-state index is 0.302. The summed E-state index contributed by atoms with van der Waals surface area (Å²) >= 11 is 0. The molecule has 0 saturated carbocycles. The van der Waals surface area contributed by atoms with E-state index in [1.165, 1.54) is 51.7 Å². The molecule has 0 N–H and O–H groups in total. The summed E-state index contributed by atoms with van der Waals surface area (Å²) in [7, 11) is 1.38. The molecule has 0 heterocycles. The van der Waals surface area contributed by atoms with Gasteiger partial charge in [-0.25, -0.2) is 4.79 Å². The molecular weight excluding hydrogens is 200 g/mol. The van der Waals surface area contributed by atoms with Gasteiger partial charge in [0.15, 0.2) is 0 Å². The summed E-state index contributed by atoms with van der Waals surface area (Å²) in [6.45, 7) is 2.23. The fourth-order valence-electron chi connectivity index (χ4n) is 1.42. The standard InChI is InChI=1S/C14H24O2/c1-3-4-5-6-7-8-9-10-11-12-13-14(15)16-2/h10-13H,3-9H2,1-2H3/b11-10+,13-12+. The molecule has 92 valence electrons. The molecule has 0 aliphatic heterocycles. The first-order chi connectivity index (χ1) is 7.81. The number of unbranched alkanes of at least 4 members (excludes halogenated alkanes) is 6. The van der Waals surface area contributed by atoms with E-state index < -0.39 is 0 Å². The van der Waals surface area contributed by atoms with Gasteiger partial charge >= 0.3 is 5.97 Å². The summed E-state index contributed by atoms with van der Waals surface area (Å²) in [5.41, 5.74) is 0. The zero-order chi connectivity index (χ0) is 12.1. The average Bonchev–Trinajstić information content (AvgIpc) is 2.31. The van der Waals surface area contributed by atoms with Gasteiger partial charge < -0.3 is 4.74 Å². The molecule has 2 heteroatoms. The molecule has 0 rings (SSSR count). The van der Waals surface area contributed by atoms with E-state index in [9.17, 15) is 4.79 Å². The van der Waals surface area contributed by atoms with Crippen LogP contribution >= 0.6 is 0 Å². The highest BCUT2D eigenvalue weighted by molar-refractivity contribution is 5.82. The Morgan fingerprint density at radius 1 is 1.06 bits per heavy atom. The molecule has 0 unspecified atom stereocenters. The lowest BCUT2D eigenvalue weighted by Crippen LogP contribution is -1.92. The van der Waals surface area contributed by atoms with Crippen LogP contribution in [0.2, 0.25) is 0 Å². The summed E-state index contributed by atoms with van der Waals surface area (Å²) < 4.78 is 4.47. The van der Waals surface area contributed by atoms with Crippen LogP contribution < -0.4 is 0 Å². The SMILES string of the molecule is CCCCCCCC/C=C/C=C/C(=O)OC. The van der Waals surface area contributed by atoms with E-state index in [0.717, 1.165) is 6.42 Å². The summed E-state index contributed by atoms with van der Waals surface area (Å²) in [6, 6.07) is 0. The van der Waals surface area contributed by atoms with Crippen molar-refractivity contribution in [3.63, 3.8) is 0 Å². The van der Waals surface area contributed by atoms with Crippen LogP contribution in [0.4, 0.5) is 0 Å². The molecule has 0 atom stereocenters. The lowest BCUT2D eigenvalue weighted by atomic mass is 10.1. The van der Waals surface area contributed by atoms with Gasteiger partial charge in [0.2, 0.25) is 0 Å². The van der Waals surface area contributed by atoms with Crippen molar-refractivity contribution in [2.24, 2.45) is 0 Å². The van der Waals surface area contributed by atoms with Crippen LogP contribution in [0.15, 0.2) is 24.3 Å². The monoisotopic (exact) mass is 224 g/mol. The van der Waals surface area contributed by atoms with E-state index in [4.69, 9.17) is 0 Å². The van der Waals surface area contributed by atoms with Crippen molar-refractivity contribution in [3.8, 4) is 0 Å². The molecule has 0 spiro atoms. The number of rotatable bonds is 9. The number of allylic oxidation sites excluding steroid dienone is 3. The normalized spacial score (nSPS) is 11.4. The fourth-order valence-corrected chi connectivity index (χ4v) is 1.42. The Balaban J connectivity index is 3.28. The fraction of sp³-hybridized carbons (Fsp3) is 0.643. The van der Waals surface area contributed by atoms with Crippen LogP contribution in [-0.4, -0.2) is 13.1 Å². The van der Waals surface area contributed by atoms with Gasteiger partial charge in [-0.3, -0.25) is 0 Å². The largest absolute Gasteiger partial charge is 0.466 e. The van der Waals surface area contributed by atoms with Crippen LogP contribution in [0.25, 0.3) is 0 Å². The molecule has 16 heavy (non-hydrogen) atoms. The van der Waals surface area contributed by atoms with Gasteiger partial charge in [-0.15, -0.1) is 0 Å². The van der Waals surface area contributed by atoms with Crippen LogP contribution in [0.1, 0.15) is 51.9 Å². The van der Waals surface area contributed by atoms with E-state index in [1.807, 2.05) is 6.08 Å². The number of carbonyl (C=O) groups excluding carboxylic acids is 1. The third-order valence-corrected chi connectivity index (χ3v) is 2.41. The lowest BCUT2D eigenvalue weighted by molar-refractivity contribution is -0.134. The number of hydrogen-bond acceptors (Lipinski definition) is 2. The lowest BCUT2D eigenvalue weighted by Gasteiger charge is -1.97. The molecule has 0 bridgehead atoms. The Morgan fingerprint density at radius 2 is 1.75 bits per heavy atom. The molecule has 0 aliphatic carbocycles. The molecule has 0 saturated heterocycles. The second-order valence-corrected chi connectivity index (χ2v) is 3.87. The predicted molar refractivity (Wildman–Crippen MR) is 68.3 cm³/mol. The molecular formula is C14H24O2. The quantitative estimate of drug-likeness (QED) is 0.256. The zero-order valence-corrected chi connectivity index (χ0v) is 10.6. The Morgan fingerprint density at radius 3 is 2.44 bits per heavy atom. The van der Waals surface area contributed by atoms with Crippen molar-refractivity contribution in [3.05, 3.63) is 24.3 Å². The van der Waals surface area contributed by atoms with Crippen molar-refractivity contribution in [1.29, 1.82) is 0 Å². The minimum atomic E-state index is -0.302. The Bertz CT molecular complexity index is 217. The summed E-state index contributed by atoms with van der Waals surface area (Å²) in [4.78, 5) is 10.7. The smallest absolute Gasteiger partial charge is 0.330 e.